The Morgan fingerprint density at radius 3 is 2.76 bits per heavy atom. The van der Waals surface area contributed by atoms with E-state index in [9.17, 15) is 9.90 Å². The van der Waals surface area contributed by atoms with Gasteiger partial charge in [0.05, 0.1) is 18.8 Å². The molecule has 2 rings (SSSR count). The van der Waals surface area contributed by atoms with Crippen LogP contribution in [-0.2, 0) is 4.74 Å². The number of benzene rings is 2. The van der Waals surface area contributed by atoms with E-state index in [1.807, 2.05) is 30.3 Å². The summed E-state index contributed by atoms with van der Waals surface area (Å²) in [7, 11) is 1.38. The van der Waals surface area contributed by atoms with Crippen molar-refractivity contribution < 1.29 is 14.6 Å². The SMILES string of the molecule is CCCCCC(O)c1ccc2c(C(=O)OC)cccc2c1. The molecule has 0 aromatic heterocycles. The molecule has 0 aliphatic rings. The van der Waals surface area contributed by atoms with Crippen LogP contribution in [-0.4, -0.2) is 18.2 Å². The maximum atomic E-state index is 11.7. The lowest BCUT2D eigenvalue weighted by Gasteiger charge is -2.12. The third-order valence-corrected chi connectivity index (χ3v) is 3.78. The second-order valence-corrected chi connectivity index (χ2v) is 5.29. The van der Waals surface area contributed by atoms with Crippen LogP contribution < -0.4 is 0 Å². The lowest BCUT2D eigenvalue weighted by molar-refractivity contribution is 0.0603. The molecule has 0 spiro atoms. The van der Waals surface area contributed by atoms with Gasteiger partial charge in [0.1, 0.15) is 0 Å². The molecule has 0 bridgehead atoms. The van der Waals surface area contributed by atoms with Crippen LogP contribution in [0, 0.1) is 0 Å². The van der Waals surface area contributed by atoms with Gasteiger partial charge in [-0.25, -0.2) is 4.79 Å². The predicted molar refractivity (Wildman–Crippen MR) is 84.4 cm³/mol. The zero-order valence-corrected chi connectivity index (χ0v) is 12.6. The van der Waals surface area contributed by atoms with Crippen molar-refractivity contribution in [2.24, 2.45) is 0 Å². The van der Waals surface area contributed by atoms with Crippen molar-refractivity contribution in [2.75, 3.05) is 7.11 Å². The molecule has 21 heavy (non-hydrogen) atoms. The Kier molecular flexibility index (Phi) is 5.34. The minimum Gasteiger partial charge on any atom is -0.465 e. The quantitative estimate of drug-likeness (QED) is 0.638. The third kappa shape index (κ3) is 3.61. The number of methoxy groups -OCH3 is 1. The van der Waals surface area contributed by atoms with Gasteiger partial charge < -0.3 is 9.84 Å². The molecule has 0 fully saturated rings. The standard InChI is InChI=1S/C18H22O3/c1-3-4-5-9-17(19)14-10-11-15-13(12-14)7-6-8-16(15)18(20)21-2/h6-8,10-12,17,19H,3-5,9H2,1-2H3. The number of esters is 1. The lowest BCUT2D eigenvalue weighted by atomic mass is 9.97. The molecule has 0 saturated heterocycles. The maximum Gasteiger partial charge on any atom is 0.338 e. The van der Waals surface area contributed by atoms with Crippen LogP contribution in [0.3, 0.4) is 0 Å². The van der Waals surface area contributed by atoms with Crippen molar-refractivity contribution in [3.05, 3.63) is 47.5 Å². The van der Waals surface area contributed by atoms with Gasteiger partial charge in [-0.05, 0) is 34.9 Å². The molecule has 1 atom stereocenters. The number of ether oxygens (including phenoxy) is 1. The van der Waals surface area contributed by atoms with E-state index in [2.05, 4.69) is 6.92 Å². The number of unbranched alkanes of at least 4 members (excludes halogenated alkanes) is 2. The van der Waals surface area contributed by atoms with Crippen LogP contribution in [0.1, 0.15) is 54.6 Å². The second kappa shape index (κ2) is 7.23. The summed E-state index contributed by atoms with van der Waals surface area (Å²) >= 11 is 0. The Labute approximate surface area is 125 Å². The van der Waals surface area contributed by atoms with Crippen molar-refractivity contribution in [3.63, 3.8) is 0 Å². The largest absolute Gasteiger partial charge is 0.465 e. The molecule has 0 aliphatic heterocycles. The molecule has 1 unspecified atom stereocenters. The number of carbonyl (C=O) groups excluding carboxylic acids is 1. The minimum absolute atomic E-state index is 0.336. The Bertz CT molecular complexity index is 619. The van der Waals surface area contributed by atoms with E-state index in [0.717, 1.165) is 42.0 Å². The lowest BCUT2D eigenvalue weighted by Crippen LogP contribution is -2.02. The normalized spacial score (nSPS) is 12.3. The van der Waals surface area contributed by atoms with E-state index in [0.29, 0.717) is 5.56 Å². The average molecular weight is 286 g/mol. The fourth-order valence-corrected chi connectivity index (χ4v) is 2.55. The zero-order chi connectivity index (χ0) is 15.2. The summed E-state index contributed by atoms with van der Waals surface area (Å²) in [5.41, 5.74) is 1.46. The summed E-state index contributed by atoms with van der Waals surface area (Å²) in [6.45, 7) is 2.15. The first-order chi connectivity index (χ1) is 10.2. The molecule has 3 nitrogen and oxygen atoms in total. The van der Waals surface area contributed by atoms with Crippen LogP contribution in [0.5, 0.6) is 0 Å². The van der Waals surface area contributed by atoms with Gasteiger partial charge in [0, 0.05) is 0 Å². The number of fused-ring (bicyclic) bond motifs is 1. The van der Waals surface area contributed by atoms with E-state index < -0.39 is 6.10 Å². The average Bonchev–Trinajstić information content (AvgIpc) is 2.53. The maximum absolute atomic E-state index is 11.7. The van der Waals surface area contributed by atoms with Gasteiger partial charge >= 0.3 is 5.97 Å². The summed E-state index contributed by atoms with van der Waals surface area (Å²) in [6, 6.07) is 11.3. The monoisotopic (exact) mass is 286 g/mol. The van der Waals surface area contributed by atoms with Gasteiger partial charge in [0.25, 0.3) is 0 Å². The Morgan fingerprint density at radius 2 is 2.05 bits per heavy atom. The van der Waals surface area contributed by atoms with Crippen molar-refractivity contribution in [2.45, 2.75) is 38.7 Å². The zero-order valence-electron chi connectivity index (χ0n) is 12.6. The first kappa shape index (κ1) is 15.5. The number of rotatable bonds is 6. The molecule has 0 radical (unpaired) electrons. The second-order valence-electron chi connectivity index (χ2n) is 5.29. The Morgan fingerprint density at radius 1 is 1.24 bits per heavy atom. The van der Waals surface area contributed by atoms with E-state index >= 15 is 0 Å². The van der Waals surface area contributed by atoms with Gasteiger partial charge in [-0.15, -0.1) is 0 Å². The number of hydrogen-bond donors (Lipinski definition) is 1. The van der Waals surface area contributed by atoms with Crippen molar-refractivity contribution in [3.8, 4) is 0 Å². The number of aliphatic hydroxyl groups is 1. The van der Waals surface area contributed by atoms with Crippen LogP contribution in [0.15, 0.2) is 36.4 Å². The number of carbonyl (C=O) groups is 1. The Hall–Kier alpha value is -1.87. The van der Waals surface area contributed by atoms with Crippen molar-refractivity contribution in [1.82, 2.24) is 0 Å². The van der Waals surface area contributed by atoms with Crippen molar-refractivity contribution in [1.29, 1.82) is 0 Å². The van der Waals surface area contributed by atoms with Crippen LogP contribution in [0.4, 0.5) is 0 Å². The van der Waals surface area contributed by atoms with Gasteiger partial charge in [-0.2, -0.15) is 0 Å². The number of hydrogen-bond acceptors (Lipinski definition) is 3. The molecule has 0 heterocycles. The highest BCUT2D eigenvalue weighted by molar-refractivity contribution is 6.04. The molecular weight excluding hydrogens is 264 g/mol. The van der Waals surface area contributed by atoms with Gasteiger partial charge in [-0.3, -0.25) is 0 Å². The molecule has 0 amide bonds. The van der Waals surface area contributed by atoms with Crippen LogP contribution in [0.2, 0.25) is 0 Å². The summed E-state index contributed by atoms with van der Waals surface area (Å²) in [5.74, 6) is -0.336. The summed E-state index contributed by atoms with van der Waals surface area (Å²) < 4.78 is 4.80. The first-order valence-electron chi connectivity index (χ1n) is 7.46. The molecule has 1 N–H and O–H groups in total. The summed E-state index contributed by atoms with van der Waals surface area (Å²) in [6.07, 6.45) is 3.64. The third-order valence-electron chi connectivity index (χ3n) is 3.78. The summed E-state index contributed by atoms with van der Waals surface area (Å²) in [4.78, 5) is 11.7. The summed E-state index contributed by atoms with van der Waals surface area (Å²) in [5, 5.41) is 12.0. The molecule has 3 heteroatoms. The molecule has 2 aromatic rings. The fourth-order valence-electron chi connectivity index (χ4n) is 2.55. The fraction of sp³-hybridized carbons (Fsp3) is 0.389. The van der Waals surface area contributed by atoms with Crippen LogP contribution >= 0.6 is 0 Å². The van der Waals surface area contributed by atoms with Crippen LogP contribution in [0.25, 0.3) is 10.8 Å². The minimum atomic E-state index is -0.442. The smallest absolute Gasteiger partial charge is 0.338 e. The molecule has 112 valence electrons. The van der Waals surface area contributed by atoms with E-state index in [-0.39, 0.29) is 5.97 Å². The van der Waals surface area contributed by atoms with Crippen molar-refractivity contribution >= 4 is 16.7 Å². The molecular formula is C18H22O3. The van der Waals surface area contributed by atoms with Gasteiger partial charge in [0.2, 0.25) is 0 Å². The van der Waals surface area contributed by atoms with E-state index in [1.54, 1.807) is 6.07 Å². The molecule has 2 aromatic carbocycles. The predicted octanol–water partition coefficient (Wildman–Crippen LogP) is 4.24. The Balaban J connectivity index is 2.28. The highest BCUT2D eigenvalue weighted by Crippen LogP contribution is 2.26. The van der Waals surface area contributed by atoms with E-state index in [1.165, 1.54) is 7.11 Å². The molecule has 0 saturated carbocycles. The van der Waals surface area contributed by atoms with Gasteiger partial charge in [0.15, 0.2) is 0 Å². The first-order valence-corrected chi connectivity index (χ1v) is 7.46. The van der Waals surface area contributed by atoms with Gasteiger partial charge in [-0.1, -0.05) is 50.5 Å². The highest BCUT2D eigenvalue weighted by Gasteiger charge is 2.12. The topological polar surface area (TPSA) is 46.5 Å². The molecule has 0 aliphatic carbocycles. The number of aliphatic hydroxyl groups excluding tert-OH is 1. The highest BCUT2D eigenvalue weighted by atomic mass is 16.5. The van der Waals surface area contributed by atoms with E-state index in [4.69, 9.17) is 4.74 Å².